The fourth-order valence-corrected chi connectivity index (χ4v) is 16.1. The van der Waals surface area contributed by atoms with E-state index in [1.807, 2.05) is 12.1 Å². The van der Waals surface area contributed by atoms with Crippen molar-refractivity contribution >= 4 is 40.9 Å². The molecule has 0 aliphatic rings. The van der Waals surface area contributed by atoms with E-state index < -0.39 is 20.9 Å². The number of rotatable bonds is 1. The first-order valence-electron chi connectivity index (χ1n) is 3.72. The molecular formula is C8H6Cl3PZr. The first-order valence-corrected chi connectivity index (χ1v) is 17.9. The Morgan fingerprint density at radius 1 is 1.00 bits per heavy atom. The summed E-state index contributed by atoms with van der Waals surface area (Å²) in [7, 11) is 18.3. The third kappa shape index (κ3) is 2.16. The van der Waals surface area contributed by atoms with Gasteiger partial charge in [-0.2, -0.15) is 0 Å². The summed E-state index contributed by atoms with van der Waals surface area (Å²) < 4.78 is 0. The summed E-state index contributed by atoms with van der Waals surface area (Å²) in [5.74, 6) is 2.09. The van der Waals surface area contributed by atoms with Crippen LogP contribution in [0.1, 0.15) is 0 Å². The van der Waals surface area contributed by atoms with Gasteiger partial charge in [-0.05, 0) is 0 Å². The Balaban J connectivity index is 2.72. The Bertz CT molecular complexity index is 432. The third-order valence-corrected chi connectivity index (χ3v) is 20.4. The molecule has 0 fully saturated rings. The van der Waals surface area contributed by atoms with Gasteiger partial charge in [0.05, 0.1) is 0 Å². The summed E-state index contributed by atoms with van der Waals surface area (Å²) in [5.41, 5.74) is 0. The van der Waals surface area contributed by atoms with E-state index in [-0.39, 0.29) is 0 Å². The maximum absolute atomic E-state index is 6.09. The summed E-state index contributed by atoms with van der Waals surface area (Å²) in [4.78, 5) is -0.576. The average Bonchev–Trinajstić information content (AvgIpc) is 2.45. The topological polar surface area (TPSA) is 0 Å². The van der Waals surface area contributed by atoms with E-state index in [9.17, 15) is 0 Å². The van der Waals surface area contributed by atoms with E-state index in [1.54, 1.807) is 0 Å². The van der Waals surface area contributed by atoms with Crippen molar-refractivity contribution in [1.82, 2.24) is 0 Å². The van der Waals surface area contributed by atoms with Crippen molar-refractivity contribution in [3.63, 3.8) is 0 Å². The molecule has 0 radical (unpaired) electrons. The van der Waals surface area contributed by atoms with Crippen molar-refractivity contribution < 1.29 is 16.1 Å². The SMILES string of the molecule is [Cl][Zr]([Cl])([Cl])[p]1ccc2ccccc21. The molecule has 0 spiro atoms. The molecule has 2 rings (SSSR count). The van der Waals surface area contributed by atoms with Gasteiger partial charge in [0.25, 0.3) is 0 Å². The predicted octanol–water partition coefficient (Wildman–Crippen LogP) is 5.20. The predicted molar refractivity (Wildman–Crippen MR) is 59.6 cm³/mol. The molecular weight excluding hydrogens is 325 g/mol. The van der Waals surface area contributed by atoms with E-state index in [4.69, 9.17) is 25.5 Å². The Morgan fingerprint density at radius 2 is 1.69 bits per heavy atom. The van der Waals surface area contributed by atoms with Crippen LogP contribution in [0.3, 0.4) is 0 Å². The first-order chi connectivity index (χ1) is 6.09. The van der Waals surface area contributed by atoms with Gasteiger partial charge in [-0.15, -0.1) is 0 Å². The zero-order valence-electron chi connectivity index (χ0n) is 6.55. The van der Waals surface area contributed by atoms with Gasteiger partial charge in [-0.1, -0.05) is 0 Å². The summed E-state index contributed by atoms with van der Waals surface area (Å²) >= 11 is -3.30. The van der Waals surface area contributed by atoms with Crippen molar-refractivity contribution in [2.75, 3.05) is 0 Å². The summed E-state index contributed by atoms with van der Waals surface area (Å²) in [6, 6.07) is 10.2. The van der Waals surface area contributed by atoms with E-state index in [0.29, 0.717) is 0 Å². The zero-order chi connectivity index (χ0) is 9.47. The molecule has 1 aromatic carbocycles. The van der Waals surface area contributed by atoms with Gasteiger partial charge in [-0.25, -0.2) is 0 Å². The van der Waals surface area contributed by atoms with Crippen LogP contribution in [0.5, 0.6) is 0 Å². The van der Waals surface area contributed by atoms with Crippen LogP contribution in [0.15, 0.2) is 36.1 Å². The van der Waals surface area contributed by atoms with E-state index in [0.717, 1.165) is 0 Å². The zero-order valence-corrected chi connectivity index (χ0v) is 12.2. The first kappa shape index (κ1) is 10.5. The Kier molecular flexibility index (Phi) is 3.14. The number of halogens is 3. The molecule has 0 N–H and O–H groups in total. The molecule has 1 atom stereocenters. The van der Waals surface area contributed by atoms with E-state index in [1.165, 1.54) is 10.5 Å². The number of hydrogen-bond donors (Lipinski definition) is 0. The summed E-state index contributed by atoms with van der Waals surface area (Å²) in [5, 5.41) is 2.46. The molecule has 13 heavy (non-hydrogen) atoms. The number of hydrogen-bond acceptors (Lipinski definition) is 0. The number of fused-ring (bicyclic) bond motifs is 1. The van der Waals surface area contributed by atoms with Crippen LogP contribution in [0.2, 0.25) is 0 Å². The molecule has 0 saturated heterocycles. The Hall–Kier alpha value is 1.01. The quantitative estimate of drug-likeness (QED) is 0.673. The molecule has 1 heterocycles. The van der Waals surface area contributed by atoms with Crippen molar-refractivity contribution in [2.45, 2.75) is 0 Å². The normalized spacial score (nSPS) is 13.6. The van der Waals surface area contributed by atoms with Crippen molar-refractivity contribution in [3.8, 4) is 0 Å². The van der Waals surface area contributed by atoms with Crippen molar-refractivity contribution in [2.24, 2.45) is 0 Å². The minimum atomic E-state index is -3.30. The van der Waals surface area contributed by atoms with Crippen LogP contribution in [0, 0.1) is 0 Å². The van der Waals surface area contributed by atoms with Crippen LogP contribution < -0.4 is 0 Å². The third-order valence-electron chi connectivity index (χ3n) is 1.87. The number of benzene rings is 1. The van der Waals surface area contributed by atoms with Gasteiger partial charge in [0, 0.05) is 0 Å². The van der Waals surface area contributed by atoms with Gasteiger partial charge in [-0.3, -0.25) is 0 Å². The van der Waals surface area contributed by atoms with Crippen LogP contribution in [0.4, 0.5) is 0 Å². The molecule has 0 saturated carbocycles. The molecule has 1 aromatic heterocycles. The fourth-order valence-electron chi connectivity index (χ4n) is 1.30. The van der Waals surface area contributed by atoms with Gasteiger partial charge >= 0.3 is 93.1 Å². The molecule has 2 aromatic rings. The van der Waals surface area contributed by atoms with Gasteiger partial charge < -0.3 is 0 Å². The van der Waals surface area contributed by atoms with Crippen LogP contribution in [-0.2, 0) is 16.1 Å². The summed E-state index contributed by atoms with van der Waals surface area (Å²) in [6.07, 6.45) is 0. The molecule has 0 aliphatic heterocycles. The molecule has 68 valence electrons. The van der Waals surface area contributed by atoms with Gasteiger partial charge in [0.2, 0.25) is 0 Å². The maximum atomic E-state index is 6.09. The monoisotopic (exact) mass is 328 g/mol. The van der Waals surface area contributed by atoms with E-state index >= 15 is 0 Å². The molecule has 0 amide bonds. The molecule has 0 aliphatic carbocycles. The summed E-state index contributed by atoms with van der Waals surface area (Å²) in [6.45, 7) is 0. The van der Waals surface area contributed by atoms with Gasteiger partial charge in [0.15, 0.2) is 0 Å². The van der Waals surface area contributed by atoms with E-state index in [2.05, 4.69) is 24.0 Å². The van der Waals surface area contributed by atoms with Gasteiger partial charge in [0.1, 0.15) is 0 Å². The second kappa shape index (κ2) is 3.88. The second-order valence-electron chi connectivity index (χ2n) is 2.71. The van der Waals surface area contributed by atoms with Crippen LogP contribution >= 0.6 is 30.4 Å². The molecule has 0 nitrogen and oxygen atoms in total. The van der Waals surface area contributed by atoms with Crippen LogP contribution in [0.25, 0.3) is 10.5 Å². The molecule has 5 heteroatoms. The molecule has 1 unspecified atom stereocenters. The van der Waals surface area contributed by atoms with Crippen molar-refractivity contribution in [1.29, 1.82) is 0 Å². The second-order valence-corrected chi connectivity index (χ2v) is 32.2. The molecule has 0 bridgehead atoms. The van der Waals surface area contributed by atoms with Crippen molar-refractivity contribution in [3.05, 3.63) is 36.1 Å². The average molecular weight is 331 g/mol. The Labute approximate surface area is 92.2 Å². The minimum absolute atomic E-state index is 0.576. The van der Waals surface area contributed by atoms with Crippen LogP contribution in [-0.4, -0.2) is 0 Å². The standard InChI is InChI=1S/C8H6P.3ClH.Zr/c1-2-4-8-7(3-1)5-6-9-8;;;;/h1-6H;3*1H;/q-1;;;;+4/p-3. The Morgan fingerprint density at radius 3 is 2.38 bits per heavy atom. The fraction of sp³-hybridized carbons (Fsp3) is 0.